The first-order chi connectivity index (χ1) is 10.7. The summed E-state index contributed by atoms with van der Waals surface area (Å²) in [5.41, 5.74) is 2.23. The molecular formula is C19H24ClNO2. The second-order valence-corrected chi connectivity index (χ2v) is 5.96. The molecule has 124 valence electrons. The van der Waals surface area contributed by atoms with E-state index in [9.17, 15) is 5.11 Å². The second-order valence-electron chi connectivity index (χ2n) is 5.96. The van der Waals surface area contributed by atoms with E-state index >= 15 is 0 Å². The van der Waals surface area contributed by atoms with Gasteiger partial charge < -0.3 is 15.2 Å². The summed E-state index contributed by atoms with van der Waals surface area (Å²) in [5.74, 6) is 0. The molecule has 0 spiro atoms. The molecule has 2 aromatic carbocycles. The smallest absolute Gasteiger partial charge is 0.121 e. The predicted molar refractivity (Wildman–Crippen MR) is 95.1 cm³/mol. The lowest BCUT2D eigenvalue weighted by Gasteiger charge is -2.39. The molecule has 2 N–H and O–H groups in total. The molecule has 0 bridgehead atoms. The molecule has 1 aliphatic heterocycles. The molecule has 1 heterocycles. The lowest BCUT2D eigenvalue weighted by molar-refractivity contribution is -0.124. The van der Waals surface area contributed by atoms with Crippen LogP contribution in [0.25, 0.3) is 0 Å². The summed E-state index contributed by atoms with van der Waals surface area (Å²) in [6.45, 7) is 4.22. The van der Waals surface area contributed by atoms with Gasteiger partial charge in [0.1, 0.15) is 11.7 Å². The van der Waals surface area contributed by atoms with Crippen LogP contribution in [0.5, 0.6) is 0 Å². The molecular weight excluding hydrogens is 310 g/mol. The van der Waals surface area contributed by atoms with Crippen molar-refractivity contribution in [2.45, 2.75) is 25.0 Å². The molecule has 3 rings (SSSR count). The Bertz CT molecular complexity index is 614. The highest BCUT2D eigenvalue weighted by Crippen LogP contribution is 2.32. The van der Waals surface area contributed by atoms with Crippen molar-refractivity contribution in [3.05, 3.63) is 71.3 Å². The van der Waals surface area contributed by atoms with Gasteiger partial charge >= 0.3 is 0 Å². The molecule has 1 aliphatic rings. The topological polar surface area (TPSA) is 41.5 Å². The third-order valence-electron chi connectivity index (χ3n) is 4.46. The van der Waals surface area contributed by atoms with Crippen molar-refractivity contribution in [2.24, 2.45) is 0 Å². The molecule has 0 amide bonds. The molecule has 0 radical (unpaired) electrons. The summed E-state index contributed by atoms with van der Waals surface area (Å²) in [6.07, 6.45) is 0.305. The Morgan fingerprint density at radius 2 is 1.83 bits per heavy atom. The molecule has 0 unspecified atom stereocenters. The van der Waals surface area contributed by atoms with E-state index in [0.29, 0.717) is 19.6 Å². The van der Waals surface area contributed by atoms with E-state index < -0.39 is 5.60 Å². The standard InChI is InChI=1S/C19H23NO2.ClH/c1-15-7-5-6-8-16(15)13-19(21,17-9-3-2-4-10-17)18-14-20-11-12-22-18;/h2-10,18,20-21H,11-14H2,1H3;1H/t18-,19+;/m0./s1. The summed E-state index contributed by atoms with van der Waals surface area (Å²) >= 11 is 0. The van der Waals surface area contributed by atoms with Crippen molar-refractivity contribution in [2.75, 3.05) is 19.7 Å². The van der Waals surface area contributed by atoms with Gasteiger partial charge in [0, 0.05) is 19.5 Å². The SMILES string of the molecule is Cc1ccccc1C[C@@](O)(c1ccccc1)[C@@H]1CNCCO1.Cl. The number of hydrogen-bond donors (Lipinski definition) is 2. The van der Waals surface area contributed by atoms with E-state index in [-0.39, 0.29) is 18.5 Å². The molecule has 3 nitrogen and oxygen atoms in total. The zero-order chi connectivity index (χ0) is 15.4. The van der Waals surface area contributed by atoms with Crippen LogP contribution in [0.1, 0.15) is 16.7 Å². The number of nitrogens with one attached hydrogen (secondary N) is 1. The maximum absolute atomic E-state index is 11.5. The fourth-order valence-corrected chi connectivity index (χ4v) is 3.10. The Labute approximate surface area is 144 Å². The van der Waals surface area contributed by atoms with Gasteiger partial charge in [-0.05, 0) is 23.6 Å². The van der Waals surface area contributed by atoms with Gasteiger partial charge in [0.05, 0.1) is 6.61 Å². The van der Waals surface area contributed by atoms with E-state index in [2.05, 4.69) is 24.4 Å². The zero-order valence-electron chi connectivity index (χ0n) is 13.4. The first-order valence-electron chi connectivity index (χ1n) is 7.85. The number of hydrogen-bond acceptors (Lipinski definition) is 3. The van der Waals surface area contributed by atoms with Crippen LogP contribution in [0.3, 0.4) is 0 Å². The van der Waals surface area contributed by atoms with Gasteiger partial charge in [-0.1, -0.05) is 54.6 Å². The highest BCUT2D eigenvalue weighted by Gasteiger charge is 2.40. The normalized spacial score (nSPS) is 20.3. The Balaban J connectivity index is 0.00000192. The monoisotopic (exact) mass is 333 g/mol. The summed E-state index contributed by atoms with van der Waals surface area (Å²) in [6, 6.07) is 18.1. The van der Waals surface area contributed by atoms with Crippen molar-refractivity contribution in [1.82, 2.24) is 5.32 Å². The van der Waals surface area contributed by atoms with Crippen LogP contribution in [0.4, 0.5) is 0 Å². The first-order valence-corrected chi connectivity index (χ1v) is 7.85. The van der Waals surface area contributed by atoms with Gasteiger partial charge in [-0.2, -0.15) is 0 Å². The molecule has 0 aliphatic carbocycles. The van der Waals surface area contributed by atoms with Gasteiger partial charge in [-0.3, -0.25) is 0 Å². The number of morpholine rings is 1. The van der Waals surface area contributed by atoms with Crippen LogP contribution in [-0.2, 0) is 16.8 Å². The quantitative estimate of drug-likeness (QED) is 0.904. The van der Waals surface area contributed by atoms with Crippen LogP contribution in [-0.4, -0.2) is 30.9 Å². The van der Waals surface area contributed by atoms with Crippen LogP contribution < -0.4 is 5.32 Å². The molecule has 1 saturated heterocycles. The third kappa shape index (κ3) is 3.93. The number of rotatable bonds is 4. The summed E-state index contributed by atoms with van der Waals surface area (Å²) in [5, 5.41) is 14.8. The first kappa shape index (κ1) is 18.0. The molecule has 0 aromatic heterocycles. The fraction of sp³-hybridized carbons (Fsp3) is 0.368. The van der Waals surface area contributed by atoms with Gasteiger partial charge in [-0.15, -0.1) is 12.4 Å². The van der Waals surface area contributed by atoms with E-state index in [4.69, 9.17) is 4.74 Å². The molecule has 1 fully saturated rings. The number of ether oxygens (including phenoxy) is 1. The number of benzene rings is 2. The number of halogens is 1. The van der Waals surface area contributed by atoms with Crippen molar-refractivity contribution in [3.8, 4) is 0 Å². The maximum atomic E-state index is 11.5. The highest BCUT2D eigenvalue weighted by atomic mass is 35.5. The van der Waals surface area contributed by atoms with Crippen LogP contribution >= 0.6 is 12.4 Å². The zero-order valence-corrected chi connectivity index (χ0v) is 14.2. The van der Waals surface area contributed by atoms with Crippen molar-refractivity contribution >= 4 is 12.4 Å². The third-order valence-corrected chi connectivity index (χ3v) is 4.46. The lowest BCUT2D eigenvalue weighted by Crippen LogP contribution is -2.52. The van der Waals surface area contributed by atoms with Gasteiger partial charge in [-0.25, -0.2) is 0 Å². The minimum atomic E-state index is -1.03. The van der Waals surface area contributed by atoms with Gasteiger partial charge in [0.15, 0.2) is 0 Å². The Morgan fingerprint density at radius 3 is 2.48 bits per heavy atom. The lowest BCUT2D eigenvalue weighted by atomic mass is 9.81. The van der Waals surface area contributed by atoms with E-state index in [1.807, 2.05) is 42.5 Å². The number of aliphatic hydroxyl groups is 1. The summed E-state index contributed by atoms with van der Waals surface area (Å²) in [4.78, 5) is 0. The van der Waals surface area contributed by atoms with E-state index in [1.165, 1.54) is 5.56 Å². The average Bonchev–Trinajstić information content (AvgIpc) is 2.58. The summed E-state index contributed by atoms with van der Waals surface area (Å²) < 4.78 is 5.90. The number of aryl methyl sites for hydroxylation is 1. The minimum Gasteiger partial charge on any atom is -0.382 e. The Hall–Kier alpha value is -1.39. The molecule has 0 saturated carbocycles. The second kappa shape index (κ2) is 7.93. The minimum absolute atomic E-state index is 0. The molecule has 2 aromatic rings. The Kier molecular flexibility index (Phi) is 6.19. The van der Waals surface area contributed by atoms with Gasteiger partial charge in [0.2, 0.25) is 0 Å². The Morgan fingerprint density at radius 1 is 1.13 bits per heavy atom. The van der Waals surface area contributed by atoms with Crippen LogP contribution in [0.2, 0.25) is 0 Å². The van der Waals surface area contributed by atoms with Crippen molar-refractivity contribution in [1.29, 1.82) is 0 Å². The van der Waals surface area contributed by atoms with Crippen molar-refractivity contribution in [3.63, 3.8) is 0 Å². The average molecular weight is 334 g/mol. The van der Waals surface area contributed by atoms with E-state index in [1.54, 1.807) is 0 Å². The molecule has 2 atom stereocenters. The van der Waals surface area contributed by atoms with E-state index in [0.717, 1.165) is 17.7 Å². The van der Waals surface area contributed by atoms with Crippen molar-refractivity contribution < 1.29 is 9.84 Å². The summed E-state index contributed by atoms with van der Waals surface area (Å²) in [7, 11) is 0. The molecule has 23 heavy (non-hydrogen) atoms. The van der Waals surface area contributed by atoms with Crippen LogP contribution in [0, 0.1) is 6.92 Å². The molecule has 4 heteroatoms. The highest BCUT2D eigenvalue weighted by molar-refractivity contribution is 5.85. The van der Waals surface area contributed by atoms with Crippen LogP contribution in [0.15, 0.2) is 54.6 Å². The van der Waals surface area contributed by atoms with Gasteiger partial charge in [0.25, 0.3) is 0 Å². The maximum Gasteiger partial charge on any atom is 0.121 e. The largest absolute Gasteiger partial charge is 0.382 e. The fourth-order valence-electron chi connectivity index (χ4n) is 3.10. The predicted octanol–water partition coefficient (Wildman–Crippen LogP) is 2.84.